The van der Waals surface area contributed by atoms with Crippen LogP contribution in [-0.4, -0.2) is 16.4 Å². The van der Waals surface area contributed by atoms with E-state index in [1.54, 1.807) is 11.8 Å². The lowest BCUT2D eigenvalue weighted by molar-refractivity contribution is 0.376. The number of nitrogens with two attached hydrogens (primary N) is 1. The van der Waals surface area contributed by atoms with Crippen LogP contribution in [0.5, 0.6) is 0 Å². The van der Waals surface area contributed by atoms with Gasteiger partial charge in [0, 0.05) is 0 Å². The Bertz CT molecular complexity index is 205. The summed E-state index contributed by atoms with van der Waals surface area (Å²) in [6.45, 7) is 0.321. The van der Waals surface area contributed by atoms with Crippen LogP contribution in [0.15, 0.2) is 4.52 Å². The third-order valence-electron chi connectivity index (χ3n) is 0.958. The van der Waals surface area contributed by atoms with E-state index < -0.39 is 0 Å². The third kappa shape index (κ3) is 3.09. The first kappa shape index (κ1) is 10.7. The standard InChI is InChI=1S/C5H9N3OS.ClH/c1-10-3-4-7-5(2-6)9-8-4;/h2-3,6H2,1H3;1H. The summed E-state index contributed by atoms with van der Waals surface area (Å²) < 4.78 is 4.77. The van der Waals surface area contributed by atoms with E-state index in [1.165, 1.54) is 0 Å². The molecule has 0 atom stereocenters. The van der Waals surface area contributed by atoms with E-state index in [0.29, 0.717) is 18.3 Å². The summed E-state index contributed by atoms with van der Waals surface area (Å²) in [5, 5.41) is 3.69. The van der Waals surface area contributed by atoms with Crippen LogP contribution in [0.2, 0.25) is 0 Å². The summed E-state index contributed by atoms with van der Waals surface area (Å²) in [6.07, 6.45) is 1.98. The topological polar surface area (TPSA) is 64.9 Å². The zero-order valence-electron chi connectivity index (χ0n) is 6.11. The van der Waals surface area contributed by atoms with Crippen molar-refractivity contribution in [2.24, 2.45) is 5.73 Å². The predicted octanol–water partition coefficient (Wildman–Crippen LogP) is 0.813. The van der Waals surface area contributed by atoms with Crippen LogP contribution >= 0.6 is 24.2 Å². The van der Waals surface area contributed by atoms with Crippen LogP contribution in [-0.2, 0) is 12.3 Å². The lowest BCUT2D eigenvalue weighted by atomic mass is 10.6. The highest BCUT2D eigenvalue weighted by molar-refractivity contribution is 7.97. The Kier molecular flexibility index (Phi) is 5.27. The normalized spacial score (nSPS) is 9.27. The van der Waals surface area contributed by atoms with Crippen LogP contribution in [0.1, 0.15) is 11.7 Å². The second kappa shape index (κ2) is 5.40. The van der Waals surface area contributed by atoms with E-state index in [9.17, 15) is 0 Å². The molecule has 0 fully saturated rings. The number of rotatable bonds is 3. The number of hydrogen-bond acceptors (Lipinski definition) is 5. The number of halogens is 1. The van der Waals surface area contributed by atoms with Gasteiger partial charge in [-0.3, -0.25) is 0 Å². The van der Waals surface area contributed by atoms with E-state index in [1.807, 2.05) is 6.26 Å². The highest BCUT2D eigenvalue weighted by Gasteiger charge is 2.01. The number of thioether (sulfide) groups is 1. The van der Waals surface area contributed by atoms with Crippen molar-refractivity contribution in [3.05, 3.63) is 11.7 Å². The Balaban J connectivity index is 0.000001000. The molecule has 0 saturated carbocycles. The van der Waals surface area contributed by atoms with E-state index in [4.69, 9.17) is 10.3 Å². The molecule has 0 saturated heterocycles. The lowest BCUT2D eigenvalue weighted by Crippen LogP contribution is -1.96. The Labute approximate surface area is 75.3 Å². The maximum Gasteiger partial charge on any atom is 0.240 e. The average molecular weight is 196 g/mol. The number of aromatic nitrogens is 2. The predicted molar refractivity (Wildman–Crippen MR) is 46.7 cm³/mol. The maximum atomic E-state index is 5.26. The molecule has 11 heavy (non-hydrogen) atoms. The van der Waals surface area contributed by atoms with Gasteiger partial charge in [-0.05, 0) is 6.26 Å². The molecule has 0 aliphatic rings. The van der Waals surface area contributed by atoms with Gasteiger partial charge in [-0.1, -0.05) is 5.16 Å². The van der Waals surface area contributed by atoms with Crippen molar-refractivity contribution in [3.8, 4) is 0 Å². The summed E-state index contributed by atoms with van der Waals surface area (Å²) >= 11 is 1.65. The van der Waals surface area contributed by atoms with Gasteiger partial charge >= 0.3 is 0 Å². The molecular weight excluding hydrogens is 186 g/mol. The molecule has 0 amide bonds. The second-order valence-corrected chi connectivity index (χ2v) is 2.61. The third-order valence-corrected chi connectivity index (χ3v) is 1.51. The van der Waals surface area contributed by atoms with Crippen molar-refractivity contribution >= 4 is 24.2 Å². The monoisotopic (exact) mass is 195 g/mol. The first-order valence-electron chi connectivity index (χ1n) is 2.87. The fourth-order valence-corrected chi connectivity index (χ4v) is 0.936. The molecule has 2 N–H and O–H groups in total. The number of hydrogen-bond donors (Lipinski definition) is 1. The Hall–Kier alpha value is -0.260. The lowest BCUT2D eigenvalue weighted by Gasteiger charge is -1.82. The van der Waals surface area contributed by atoms with Crippen LogP contribution in [0.25, 0.3) is 0 Å². The van der Waals surface area contributed by atoms with Crippen molar-refractivity contribution in [2.75, 3.05) is 6.26 Å². The SMILES string of the molecule is CSCc1noc(CN)n1.Cl. The largest absolute Gasteiger partial charge is 0.338 e. The molecule has 0 radical (unpaired) electrons. The zero-order valence-corrected chi connectivity index (χ0v) is 7.74. The summed E-state index contributed by atoms with van der Waals surface area (Å²) in [5.41, 5.74) is 5.26. The first-order valence-corrected chi connectivity index (χ1v) is 4.26. The van der Waals surface area contributed by atoms with E-state index in [0.717, 1.165) is 5.75 Å². The maximum absolute atomic E-state index is 5.26. The molecule has 1 aromatic heterocycles. The van der Waals surface area contributed by atoms with E-state index in [-0.39, 0.29) is 12.4 Å². The molecule has 1 aromatic rings. The Morgan fingerprint density at radius 1 is 1.64 bits per heavy atom. The minimum atomic E-state index is 0. The second-order valence-electron chi connectivity index (χ2n) is 1.74. The molecule has 64 valence electrons. The fraction of sp³-hybridized carbons (Fsp3) is 0.600. The smallest absolute Gasteiger partial charge is 0.240 e. The molecular formula is C5H10ClN3OS. The van der Waals surface area contributed by atoms with Gasteiger partial charge in [0.25, 0.3) is 0 Å². The minimum absolute atomic E-state index is 0. The van der Waals surface area contributed by atoms with Crippen molar-refractivity contribution in [1.29, 1.82) is 0 Å². The van der Waals surface area contributed by atoms with Gasteiger partial charge in [0.2, 0.25) is 5.89 Å². The van der Waals surface area contributed by atoms with Crippen molar-refractivity contribution in [3.63, 3.8) is 0 Å². The van der Waals surface area contributed by atoms with Crippen LogP contribution < -0.4 is 5.73 Å². The number of nitrogens with zero attached hydrogens (tertiary/aromatic N) is 2. The summed E-state index contributed by atoms with van der Waals surface area (Å²) in [5.74, 6) is 2.00. The average Bonchev–Trinajstić information content (AvgIpc) is 2.37. The first-order chi connectivity index (χ1) is 4.86. The molecule has 0 spiro atoms. The molecule has 0 unspecified atom stereocenters. The molecule has 1 heterocycles. The highest BCUT2D eigenvalue weighted by atomic mass is 35.5. The van der Waals surface area contributed by atoms with Crippen molar-refractivity contribution in [1.82, 2.24) is 10.1 Å². The highest BCUT2D eigenvalue weighted by Crippen LogP contribution is 2.04. The summed E-state index contributed by atoms with van der Waals surface area (Å²) in [6, 6.07) is 0. The van der Waals surface area contributed by atoms with Gasteiger partial charge in [-0.2, -0.15) is 16.7 Å². The molecule has 1 rings (SSSR count). The van der Waals surface area contributed by atoms with Gasteiger partial charge in [0.05, 0.1) is 12.3 Å². The van der Waals surface area contributed by atoms with Gasteiger partial charge < -0.3 is 10.3 Å². The van der Waals surface area contributed by atoms with Crippen LogP contribution in [0.4, 0.5) is 0 Å². The molecule has 0 bridgehead atoms. The summed E-state index contributed by atoms with van der Waals surface area (Å²) in [4.78, 5) is 3.99. The van der Waals surface area contributed by atoms with Gasteiger partial charge in [0.15, 0.2) is 5.82 Å². The molecule has 0 aromatic carbocycles. The Morgan fingerprint density at radius 3 is 2.82 bits per heavy atom. The van der Waals surface area contributed by atoms with E-state index in [2.05, 4.69) is 10.1 Å². The minimum Gasteiger partial charge on any atom is -0.338 e. The zero-order chi connectivity index (χ0) is 7.40. The quantitative estimate of drug-likeness (QED) is 0.774. The van der Waals surface area contributed by atoms with Crippen molar-refractivity contribution < 1.29 is 4.52 Å². The van der Waals surface area contributed by atoms with E-state index >= 15 is 0 Å². The molecule has 4 nitrogen and oxygen atoms in total. The van der Waals surface area contributed by atoms with Gasteiger partial charge in [-0.15, -0.1) is 12.4 Å². The Morgan fingerprint density at radius 2 is 2.36 bits per heavy atom. The molecule has 0 aliphatic heterocycles. The summed E-state index contributed by atoms with van der Waals surface area (Å²) in [7, 11) is 0. The van der Waals surface area contributed by atoms with Crippen LogP contribution in [0, 0.1) is 0 Å². The van der Waals surface area contributed by atoms with Crippen molar-refractivity contribution in [2.45, 2.75) is 12.3 Å². The molecule has 0 aliphatic carbocycles. The molecule has 6 heteroatoms. The fourth-order valence-electron chi connectivity index (χ4n) is 0.561. The van der Waals surface area contributed by atoms with Gasteiger partial charge in [0.1, 0.15) is 0 Å². The van der Waals surface area contributed by atoms with Crippen LogP contribution in [0.3, 0.4) is 0 Å². The van der Waals surface area contributed by atoms with Gasteiger partial charge in [-0.25, -0.2) is 0 Å².